The Morgan fingerprint density at radius 1 is 1.24 bits per heavy atom. The summed E-state index contributed by atoms with van der Waals surface area (Å²) in [6, 6.07) is 7.62. The Morgan fingerprint density at radius 2 is 1.95 bits per heavy atom. The van der Waals surface area contributed by atoms with Crippen LogP contribution in [0.3, 0.4) is 0 Å². The molecule has 21 heavy (non-hydrogen) atoms. The number of hydrogen-bond acceptors (Lipinski definition) is 2. The molecule has 2 aliphatic rings. The Hall–Kier alpha value is -2.24. The predicted molar refractivity (Wildman–Crippen MR) is 76.6 cm³/mol. The zero-order valence-corrected chi connectivity index (χ0v) is 11.8. The summed E-state index contributed by atoms with van der Waals surface area (Å²) in [5, 5.41) is 10.3. The SMILES string of the molecule is O=C(NN(C(=O)O)C1CCC1)N1CCc2ccccc2C1. The highest BCUT2D eigenvalue weighted by molar-refractivity contribution is 5.77. The molecule has 1 aromatic carbocycles. The van der Waals surface area contributed by atoms with Gasteiger partial charge in [-0.1, -0.05) is 24.3 Å². The first-order valence-electron chi connectivity index (χ1n) is 7.29. The minimum absolute atomic E-state index is 0.0801. The van der Waals surface area contributed by atoms with Gasteiger partial charge in [-0.25, -0.2) is 20.0 Å². The molecular weight excluding hydrogens is 270 g/mol. The number of hydrazine groups is 1. The van der Waals surface area contributed by atoms with Gasteiger partial charge in [0.05, 0.1) is 6.04 Å². The third-order valence-electron chi connectivity index (χ3n) is 4.28. The number of carbonyl (C=O) groups excluding carboxylic acids is 1. The van der Waals surface area contributed by atoms with Crippen molar-refractivity contribution in [2.24, 2.45) is 0 Å². The Labute approximate surface area is 123 Å². The number of rotatable bonds is 1. The summed E-state index contributed by atoms with van der Waals surface area (Å²) in [6.45, 7) is 1.14. The Balaban J connectivity index is 1.64. The van der Waals surface area contributed by atoms with E-state index in [1.54, 1.807) is 4.90 Å². The first-order valence-corrected chi connectivity index (χ1v) is 7.29. The first kappa shape index (κ1) is 13.7. The molecule has 1 saturated carbocycles. The molecule has 0 aromatic heterocycles. The molecule has 1 heterocycles. The normalized spacial score (nSPS) is 17.6. The Bertz CT molecular complexity index is 557. The van der Waals surface area contributed by atoms with Gasteiger partial charge in [0.25, 0.3) is 0 Å². The van der Waals surface area contributed by atoms with Gasteiger partial charge in [0.2, 0.25) is 0 Å². The van der Waals surface area contributed by atoms with Gasteiger partial charge in [0, 0.05) is 13.1 Å². The van der Waals surface area contributed by atoms with E-state index >= 15 is 0 Å². The number of carbonyl (C=O) groups is 2. The second-order valence-corrected chi connectivity index (χ2v) is 5.59. The van der Waals surface area contributed by atoms with Crippen LogP contribution in [0.15, 0.2) is 24.3 Å². The van der Waals surface area contributed by atoms with E-state index in [1.807, 2.05) is 18.2 Å². The average molecular weight is 289 g/mol. The second-order valence-electron chi connectivity index (χ2n) is 5.59. The maximum atomic E-state index is 12.3. The first-order chi connectivity index (χ1) is 10.1. The van der Waals surface area contributed by atoms with Gasteiger partial charge in [0.1, 0.15) is 0 Å². The highest BCUT2D eigenvalue weighted by atomic mass is 16.4. The van der Waals surface area contributed by atoms with E-state index in [1.165, 1.54) is 5.56 Å². The van der Waals surface area contributed by atoms with Crippen molar-refractivity contribution in [1.29, 1.82) is 0 Å². The largest absolute Gasteiger partial charge is 0.464 e. The molecule has 1 aromatic rings. The fraction of sp³-hybridized carbons (Fsp3) is 0.467. The maximum Gasteiger partial charge on any atom is 0.426 e. The Kier molecular flexibility index (Phi) is 3.68. The third kappa shape index (κ3) is 2.79. The van der Waals surface area contributed by atoms with Crippen LogP contribution < -0.4 is 5.43 Å². The maximum absolute atomic E-state index is 12.3. The molecular formula is C15H19N3O3. The lowest BCUT2D eigenvalue weighted by molar-refractivity contribution is 0.0634. The van der Waals surface area contributed by atoms with Crippen LogP contribution >= 0.6 is 0 Å². The van der Waals surface area contributed by atoms with E-state index in [9.17, 15) is 14.7 Å². The van der Waals surface area contributed by atoms with Crippen LogP contribution in [-0.4, -0.2) is 39.7 Å². The van der Waals surface area contributed by atoms with Crippen molar-refractivity contribution in [2.75, 3.05) is 6.54 Å². The summed E-state index contributed by atoms with van der Waals surface area (Å²) in [5.41, 5.74) is 4.93. The van der Waals surface area contributed by atoms with Crippen molar-refractivity contribution in [1.82, 2.24) is 15.3 Å². The lowest BCUT2D eigenvalue weighted by Gasteiger charge is -2.37. The fourth-order valence-electron chi connectivity index (χ4n) is 2.78. The molecule has 0 spiro atoms. The molecule has 6 nitrogen and oxygen atoms in total. The number of amides is 3. The zero-order valence-electron chi connectivity index (χ0n) is 11.8. The van der Waals surface area contributed by atoms with E-state index in [2.05, 4.69) is 11.5 Å². The predicted octanol–water partition coefficient (Wildman–Crippen LogP) is 2.20. The summed E-state index contributed by atoms with van der Waals surface area (Å²) >= 11 is 0. The van der Waals surface area contributed by atoms with Gasteiger partial charge in [-0.15, -0.1) is 0 Å². The molecule has 1 aliphatic heterocycles. The van der Waals surface area contributed by atoms with E-state index in [-0.39, 0.29) is 12.1 Å². The van der Waals surface area contributed by atoms with E-state index in [0.29, 0.717) is 13.1 Å². The molecule has 0 radical (unpaired) electrons. The average Bonchev–Trinajstić information content (AvgIpc) is 2.44. The lowest BCUT2D eigenvalue weighted by Crippen LogP contribution is -2.57. The third-order valence-corrected chi connectivity index (χ3v) is 4.28. The number of fused-ring (bicyclic) bond motifs is 1. The van der Waals surface area contributed by atoms with Crippen LogP contribution in [0, 0.1) is 0 Å². The van der Waals surface area contributed by atoms with Crippen LogP contribution in [0.25, 0.3) is 0 Å². The molecule has 3 amide bonds. The molecule has 0 saturated heterocycles. The smallest absolute Gasteiger partial charge is 0.426 e. The number of nitrogens with one attached hydrogen (secondary N) is 1. The van der Waals surface area contributed by atoms with Crippen molar-refractivity contribution >= 4 is 12.1 Å². The van der Waals surface area contributed by atoms with Crippen LogP contribution in [0.5, 0.6) is 0 Å². The van der Waals surface area contributed by atoms with Gasteiger partial charge in [-0.05, 0) is 36.8 Å². The van der Waals surface area contributed by atoms with Crippen molar-refractivity contribution < 1.29 is 14.7 Å². The van der Waals surface area contributed by atoms with Gasteiger partial charge >= 0.3 is 12.1 Å². The van der Waals surface area contributed by atoms with Crippen molar-refractivity contribution in [3.63, 3.8) is 0 Å². The molecule has 2 N–H and O–H groups in total. The standard InChI is InChI=1S/C15H19N3O3/c19-14(16-18(15(20)21)13-6-3-7-13)17-9-8-11-4-1-2-5-12(11)10-17/h1-2,4-5,13H,3,6-10H2,(H,16,19)(H,20,21). The van der Waals surface area contributed by atoms with Crippen LogP contribution in [0.4, 0.5) is 9.59 Å². The van der Waals surface area contributed by atoms with Gasteiger partial charge < -0.3 is 10.0 Å². The summed E-state index contributed by atoms with van der Waals surface area (Å²) in [7, 11) is 0. The quantitative estimate of drug-likeness (QED) is 0.778. The highest BCUT2D eigenvalue weighted by Gasteiger charge is 2.31. The van der Waals surface area contributed by atoms with Crippen molar-refractivity contribution in [2.45, 2.75) is 38.3 Å². The molecule has 0 unspecified atom stereocenters. The summed E-state index contributed by atoms with van der Waals surface area (Å²) in [6.07, 6.45) is 2.36. The summed E-state index contributed by atoms with van der Waals surface area (Å²) in [4.78, 5) is 25.2. The molecule has 1 fully saturated rings. The fourth-order valence-corrected chi connectivity index (χ4v) is 2.78. The summed E-state index contributed by atoms with van der Waals surface area (Å²) < 4.78 is 0. The molecule has 0 atom stereocenters. The number of benzene rings is 1. The number of hydrogen-bond donors (Lipinski definition) is 2. The van der Waals surface area contributed by atoms with Gasteiger partial charge in [0.15, 0.2) is 0 Å². The Morgan fingerprint density at radius 3 is 2.57 bits per heavy atom. The molecule has 3 rings (SSSR count). The van der Waals surface area contributed by atoms with Crippen molar-refractivity contribution in [3.8, 4) is 0 Å². The minimum atomic E-state index is -1.09. The molecule has 0 bridgehead atoms. The van der Waals surface area contributed by atoms with E-state index in [4.69, 9.17) is 0 Å². The highest BCUT2D eigenvalue weighted by Crippen LogP contribution is 2.24. The molecule has 1 aliphatic carbocycles. The zero-order chi connectivity index (χ0) is 14.8. The molecule has 6 heteroatoms. The van der Waals surface area contributed by atoms with Crippen LogP contribution in [0.2, 0.25) is 0 Å². The number of nitrogens with zero attached hydrogens (tertiary/aromatic N) is 2. The van der Waals surface area contributed by atoms with Gasteiger partial charge in [-0.3, -0.25) is 0 Å². The number of urea groups is 1. The minimum Gasteiger partial charge on any atom is -0.464 e. The van der Waals surface area contributed by atoms with Crippen LogP contribution in [0.1, 0.15) is 30.4 Å². The lowest BCUT2D eigenvalue weighted by atomic mass is 9.93. The van der Waals surface area contributed by atoms with E-state index in [0.717, 1.165) is 36.3 Å². The second kappa shape index (κ2) is 5.63. The summed E-state index contributed by atoms with van der Waals surface area (Å²) in [5.74, 6) is 0. The molecule has 112 valence electrons. The topological polar surface area (TPSA) is 72.9 Å². The van der Waals surface area contributed by atoms with E-state index < -0.39 is 6.09 Å². The van der Waals surface area contributed by atoms with Crippen molar-refractivity contribution in [3.05, 3.63) is 35.4 Å². The monoisotopic (exact) mass is 289 g/mol. The van der Waals surface area contributed by atoms with Gasteiger partial charge in [-0.2, -0.15) is 0 Å². The van der Waals surface area contributed by atoms with Crippen LogP contribution in [-0.2, 0) is 13.0 Å². The number of carboxylic acid groups (broad SMARTS) is 1.